The molecule has 1 fully saturated rings. The average molecular weight is 452 g/mol. The van der Waals surface area contributed by atoms with Gasteiger partial charge in [0.1, 0.15) is 5.52 Å². The first kappa shape index (κ1) is 21.3. The third-order valence-corrected chi connectivity index (χ3v) is 6.75. The van der Waals surface area contributed by atoms with Crippen molar-refractivity contribution in [1.29, 1.82) is 0 Å². The van der Waals surface area contributed by atoms with Crippen LogP contribution < -0.4 is 4.72 Å². The first-order valence-corrected chi connectivity index (χ1v) is 11.2. The Morgan fingerprint density at radius 3 is 2.48 bits per heavy atom. The molecule has 1 aromatic heterocycles. The second-order valence-electron chi connectivity index (χ2n) is 7.46. The van der Waals surface area contributed by atoms with Crippen LogP contribution in [-0.2, 0) is 16.2 Å². The summed E-state index contributed by atoms with van der Waals surface area (Å²) in [4.78, 5) is 11.5. The summed E-state index contributed by atoms with van der Waals surface area (Å²) in [5, 5.41) is 8.24. The van der Waals surface area contributed by atoms with Gasteiger partial charge >= 0.3 is 6.18 Å². The Labute approximate surface area is 176 Å². The van der Waals surface area contributed by atoms with Crippen LogP contribution in [0.15, 0.2) is 47.4 Å². The fourth-order valence-corrected chi connectivity index (χ4v) is 5.05. The summed E-state index contributed by atoms with van der Waals surface area (Å²) in [6.07, 6.45) is 0.465. The number of benzene rings is 2. The van der Waals surface area contributed by atoms with Gasteiger partial charge in [-0.05, 0) is 43.2 Å². The Morgan fingerprint density at radius 1 is 1.06 bits per heavy atom. The van der Waals surface area contributed by atoms with E-state index in [9.17, 15) is 26.4 Å². The van der Waals surface area contributed by atoms with E-state index in [0.29, 0.717) is 17.1 Å². The number of hydrogen-bond acceptors (Lipinski definition) is 5. The van der Waals surface area contributed by atoms with Gasteiger partial charge < -0.3 is 0 Å². The maximum Gasteiger partial charge on any atom is 0.417 e. The lowest BCUT2D eigenvalue weighted by atomic mass is 9.95. The molecule has 164 valence electrons. The molecule has 1 aliphatic carbocycles. The van der Waals surface area contributed by atoms with Gasteiger partial charge in [-0.1, -0.05) is 36.6 Å². The first-order valence-electron chi connectivity index (χ1n) is 9.75. The van der Waals surface area contributed by atoms with Gasteiger partial charge in [-0.15, -0.1) is 5.10 Å². The summed E-state index contributed by atoms with van der Waals surface area (Å²) in [6, 6.07) is 8.31. The Balaban J connectivity index is 1.60. The molecule has 4 rings (SSSR count). The zero-order valence-electron chi connectivity index (χ0n) is 16.3. The maximum atomic E-state index is 13.2. The number of sulfonamides is 1. The molecule has 31 heavy (non-hydrogen) atoms. The van der Waals surface area contributed by atoms with Crippen molar-refractivity contribution >= 4 is 27.0 Å². The molecule has 1 amide bonds. The number of amides is 1. The fraction of sp³-hybridized carbons (Fsp3) is 0.350. The van der Waals surface area contributed by atoms with Gasteiger partial charge in [0.2, 0.25) is 0 Å². The van der Waals surface area contributed by atoms with Gasteiger partial charge in [0.05, 0.1) is 22.0 Å². The summed E-state index contributed by atoms with van der Waals surface area (Å²) in [7, 11) is -4.75. The van der Waals surface area contributed by atoms with Crippen molar-refractivity contribution in [2.24, 2.45) is 0 Å². The molecule has 0 aliphatic heterocycles. The van der Waals surface area contributed by atoms with Gasteiger partial charge in [0.15, 0.2) is 0 Å². The average Bonchev–Trinajstić information content (AvgIpc) is 3.17. The summed E-state index contributed by atoms with van der Waals surface area (Å²) in [5.74, 6) is -1.05. The largest absolute Gasteiger partial charge is 0.417 e. The second-order valence-corrected chi connectivity index (χ2v) is 9.11. The van der Waals surface area contributed by atoms with Crippen molar-refractivity contribution in [2.45, 2.75) is 49.2 Å². The first-order chi connectivity index (χ1) is 14.7. The number of nitrogens with zero attached hydrogens (tertiary/aromatic N) is 3. The highest BCUT2D eigenvalue weighted by molar-refractivity contribution is 7.90. The van der Waals surface area contributed by atoms with Gasteiger partial charge in [0.25, 0.3) is 15.9 Å². The summed E-state index contributed by atoms with van der Waals surface area (Å²) < 4.78 is 68.0. The molecule has 0 spiro atoms. The Kier molecular flexibility index (Phi) is 5.46. The molecule has 1 N–H and O–H groups in total. The third kappa shape index (κ3) is 4.27. The van der Waals surface area contributed by atoms with E-state index in [-0.39, 0.29) is 11.6 Å². The quantitative estimate of drug-likeness (QED) is 0.644. The topological polar surface area (TPSA) is 93.9 Å². The highest BCUT2D eigenvalue weighted by Crippen LogP contribution is 2.34. The SMILES string of the molecule is O=C(NS(=O)(=O)c1ccccc1C(F)(F)F)c1ccc2c(c1)nnn2C1CCCCC1. The molecule has 0 radical (unpaired) electrons. The number of aromatic nitrogens is 3. The van der Waals surface area contributed by atoms with Crippen LogP contribution in [0.25, 0.3) is 11.0 Å². The van der Waals surface area contributed by atoms with E-state index < -0.39 is 32.6 Å². The molecule has 0 unspecified atom stereocenters. The van der Waals surface area contributed by atoms with Crippen LogP contribution in [0.3, 0.4) is 0 Å². The number of fused-ring (bicyclic) bond motifs is 1. The molecule has 0 bridgehead atoms. The van der Waals surface area contributed by atoms with E-state index in [0.717, 1.165) is 43.9 Å². The van der Waals surface area contributed by atoms with Gasteiger partial charge in [0, 0.05) is 5.56 Å². The van der Waals surface area contributed by atoms with Gasteiger partial charge in [-0.2, -0.15) is 13.2 Å². The van der Waals surface area contributed by atoms with E-state index >= 15 is 0 Å². The molecule has 1 heterocycles. The second kappa shape index (κ2) is 7.95. The molecule has 0 atom stereocenters. The normalized spacial score (nSPS) is 15.8. The number of carbonyl (C=O) groups is 1. The Bertz CT molecular complexity index is 1230. The van der Waals surface area contributed by atoms with Crippen LogP contribution in [0.2, 0.25) is 0 Å². The van der Waals surface area contributed by atoms with Crippen molar-refractivity contribution in [3.8, 4) is 0 Å². The minimum Gasteiger partial charge on any atom is -0.268 e. The lowest BCUT2D eigenvalue weighted by Crippen LogP contribution is -2.32. The van der Waals surface area contributed by atoms with Gasteiger partial charge in [-0.3, -0.25) is 4.79 Å². The molecule has 3 aromatic rings. The van der Waals surface area contributed by atoms with Crippen LogP contribution in [-0.4, -0.2) is 29.3 Å². The minimum atomic E-state index is -4.88. The van der Waals surface area contributed by atoms with E-state index in [2.05, 4.69) is 10.3 Å². The highest BCUT2D eigenvalue weighted by Gasteiger charge is 2.37. The smallest absolute Gasteiger partial charge is 0.268 e. The van der Waals surface area contributed by atoms with Gasteiger partial charge in [-0.25, -0.2) is 17.8 Å². The zero-order chi connectivity index (χ0) is 22.2. The number of rotatable bonds is 4. The standard InChI is InChI=1S/C20H19F3N4O3S/c21-20(22,23)15-8-4-5-9-18(15)31(29,30)25-19(28)13-10-11-17-16(12-13)24-26-27(17)14-6-2-1-3-7-14/h4-5,8-12,14H,1-3,6-7H2,(H,25,28). The minimum absolute atomic E-state index is 0.0451. The third-order valence-electron chi connectivity index (χ3n) is 5.36. The molecular weight excluding hydrogens is 433 g/mol. The molecule has 1 saturated carbocycles. The summed E-state index contributed by atoms with van der Waals surface area (Å²) in [5.41, 5.74) is -0.266. The van der Waals surface area contributed by atoms with E-state index in [1.165, 1.54) is 18.6 Å². The van der Waals surface area contributed by atoms with Crippen LogP contribution in [0.1, 0.15) is 54.1 Å². The molecule has 2 aromatic carbocycles. The summed E-state index contributed by atoms with van der Waals surface area (Å²) in [6.45, 7) is 0. The maximum absolute atomic E-state index is 13.2. The fourth-order valence-electron chi connectivity index (χ4n) is 3.85. The number of halogens is 3. The lowest BCUT2D eigenvalue weighted by Gasteiger charge is -2.21. The van der Waals surface area contributed by atoms with Crippen LogP contribution in [0, 0.1) is 0 Å². The van der Waals surface area contributed by atoms with Crippen molar-refractivity contribution in [3.05, 3.63) is 53.6 Å². The van der Waals surface area contributed by atoms with Crippen molar-refractivity contribution < 1.29 is 26.4 Å². The lowest BCUT2D eigenvalue weighted by molar-refractivity contribution is -0.139. The number of alkyl halides is 3. The van der Waals surface area contributed by atoms with E-state index in [1.54, 1.807) is 10.8 Å². The van der Waals surface area contributed by atoms with E-state index in [1.807, 2.05) is 4.68 Å². The van der Waals surface area contributed by atoms with Crippen LogP contribution in [0.4, 0.5) is 13.2 Å². The van der Waals surface area contributed by atoms with Crippen molar-refractivity contribution in [3.63, 3.8) is 0 Å². The number of carbonyl (C=O) groups excluding carboxylic acids is 1. The Morgan fingerprint density at radius 2 is 1.77 bits per heavy atom. The van der Waals surface area contributed by atoms with Crippen LogP contribution >= 0.6 is 0 Å². The molecule has 1 aliphatic rings. The summed E-state index contributed by atoms with van der Waals surface area (Å²) >= 11 is 0. The molecule has 11 heteroatoms. The monoisotopic (exact) mass is 452 g/mol. The molecule has 0 saturated heterocycles. The predicted molar refractivity (Wildman–Crippen MR) is 106 cm³/mol. The zero-order valence-corrected chi connectivity index (χ0v) is 17.1. The van der Waals surface area contributed by atoms with Crippen molar-refractivity contribution in [1.82, 2.24) is 19.7 Å². The molecular formula is C20H19F3N4O3S. The van der Waals surface area contributed by atoms with E-state index in [4.69, 9.17) is 0 Å². The number of hydrogen-bond donors (Lipinski definition) is 1. The predicted octanol–water partition coefficient (Wildman–Crippen LogP) is 4.07. The molecule has 7 nitrogen and oxygen atoms in total. The van der Waals surface area contributed by atoms with Crippen LogP contribution in [0.5, 0.6) is 0 Å². The number of nitrogens with one attached hydrogen (secondary N) is 1. The Hall–Kier alpha value is -2.95. The highest BCUT2D eigenvalue weighted by atomic mass is 32.2. The van der Waals surface area contributed by atoms with Crippen molar-refractivity contribution in [2.75, 3.05) is 0 Å².